The Morgan fingerprint density at radius 2 is 2.06 bits per heavy atom. The van der Waals surface area contributed by atoms with Gasteiger partial charge >= 0.3 is 0 Å². The topological polar surface area (TPSA) is 32.3 Å². The van der Waals surface area contributed by atoms with Crippen LogP contribution in [0.3, 0.4) is 0 Å². The molecule has 1 unspecified atom stereocenters. The zero-order valence-corrected chi connectivity index (χ0v) is 11.7. The van der Waals surface area contributed by atoms with Gasteiger partial charge in [0.25, 0.3) is 0 Å². The number of hydrogen-bond donors (Lipinski definition) is 2. The molecule has 1 aromatic heterocycles. The maximum Gasteiger partial charge on any atom is 0.0898 e. The second kappa shape index (κ2) is 6.19. The van der Waals surface area contributed by atoms with Crippen LogP contribution in [0.15, 0.2) is 46.3 Å². The fourth-order valence-corrected chi connectivity index (χ4v) is 2.74. The Hall–Kier alpha value is -0.840. The Morgan fingerprint density at radius 1 is 1.24 bits per heavy atom. The Labute approximate surface area is 113 Å². The Kier molecular flexibility index (Phi) is 4.59. The van der Waals surface area contributed by atoms with Gasteiger partial charge < -0.3 is 10.4 Å². The van der Waals surface area contributed by atoms with Crippen LogP contribution in [0, 0.1) is 0 Å². The third kappa shape index (κ3) is 3.56. The number of nitrogens with one attached hydrogen (secondary N) is 1. The summed E-state index contributed by atoms with van der Waals surface area (Å²) in [6.07, 6.45) is 0.340. The number of halogens is 1. The fraction of sp³-hybridized carbons (Fsp3) is 0.231. The number of anilines is 1. The van der Waals surface area contributed by atoms with Gasteiger partial charge in [0, 0.05) is 21.6 Å². The third-order valence-corrected chi connectivity index (χ3v) is 4.14. The number of hydrogen-bond acceptors (Lipinski definition) is 3. The standard InChI is InChI=1S/C13H14BrNOS/c14-10-4-1-2-5-11(10)15-8-7-12(16)13-6-3-9-17-13/h1-6,9,12,15-16H,7-8H2. The number of aliphatic hydroxyl groups excluding tert-OH is 1. The van der Waals surface area contributed by atoms with E-state index in [4.69, 9.17) is 0 Å². The second-order valence-corrected chi connectivity index (χ2v) is 5.56. The van der Waals surface area contributed by atoms with Crippen LogP contribution >= 0.6 is 27.3 Å². The summed E-state index contributed by atoms with van der Waals surface area (Å²) in [7, 11) is 0. The van der Waals surface area contributed by atoms with Crippen molar-refractivity contribution in [1.82, 2.24) is 0 Å². The van der Waals surface area contributed by atoms with E-state index in [0.717, 1.165) is 21.6 Å². The summed E-state index contributed by atoms with van der Waals surface area (Å²) in [4.78, 5) is 1.03. The van der Waals surface area contributed by atoms with Crippen molar-refractivity contribution in [3.05, 3.63) is 51.1 Å². The van der Waals surface area contributed by atoms with E-state index in [9.17, 15) is 5.11 Å². The molecule has 2 N–H and O–H groups in total. The molecule has 0 saturated carbocycles. The van der Waals surface area contributed by atoms with E-state index < -0.39 is 0 Å². The van der Waals surface area contributed by atoms with Crippen LogP contribution in [0.1, 0.15) is 17.4 Å². The van der Waals surface area contributed by atoms with Gasteiger partial charge in [-0.15, -0.1) is 11.3 Å². The highest BCUT2D eigenvalue weighted by molar-refractivity contribution is 9.10. The predicted molar refractivity (Wildman–Crippen MR) is 76.5 cm³/mol. The van der Waals surface area contributed by atoms with E-state index in [1.807, 2.05) is 41.8 Å². The van der Waals surface area contributed by atoms with Crippen molar-refractivity contribution < 1.29 is 5.11 Å². The molecule has 1 aromatic carbocycles. The highest BCUT2D eigenvalue weighted by Gasteiger charge is 2.07. The van der Waals surface area contributed by atoms with Crippen LogP contribution in [0.5, 0.6) is 0 Å². The molecule has 0 spiro atoms. The summed E-state index contributed by atoms with van der Waals surface area (Å²) < 4.78 is 1.05. The van der Waals surface area contributed by atoms with E-state index in [0.29, 0.717) is 6.42 Å². The van der Waals surface area contributed by atoms with Crippen LogP contribution in [-0.2, 0) is 0 Å². The summed E-state index contributed by atoms with van der Waals surface area (Å²) in [5, 5.41) is 15.2. The van der Waals surface area contributed by atoms with Gasteiger partial charge in [0.05, 0.1) is 6.10 Å². The van der Waals surface area contributed by atoms with Crippen LogP contribution in [0.2, 0.25) is 0 Å². The molecule has 0 saturated heterocycles. The van der Waals surface area contributed by atoms with Gasteiger partial charge in [0.15, 0.2) is 0 Å². The van der Waals surface area contributed by atoms with Crippen molar-refractivity contribution in [3.8, 4) is 0 Å². The van der Waals surface area contributed by atoms with Crippen molar-refractivity contribution in [2.75, 3.05) is 11.9 Å². The van der Waals surface area contributed by atoms with Crippen molar-refractivity contribution in [3.63, 3.8) is 0 Å². The number of thiophene rings is 1. The molecule has 1 atom stereocenters. The van der Waals surface area contributed by atoms with Crippen molar-refractivity contribution in [2.24, 2.45) is 0 Å². The van der Waals surface area contributed by atoms with Crippen molar-refractivity contribution in [1.29, 1.82) is 0 Å². The minimum absolute atomic E-state index is 0.370. The minimum Gasteiger partial charge on any atom is -0.388 e. The summed E-state index contributed by atoms with van der Waals surface area (Å²) in [6, 6.07) is 11.9. The summed E-state index contributed by atoms with van der Waals surface area (Å²) in [5.41, 5.74) is 1.06. The average molecular weight is 312 g/mol. The van der Waals surface area contributed by atoms with E-state index in [1.165, 1.54) is 0 Å². The van der Waals surface area contributed by atoms with Crippen LogP contribution < -0.4 is 5.32 Å². The van der Waals surface area contributed by atoms with Gasteiger partial charge in [-0.05, 0) is 45.9 Å². The first-order valence-corrected chi connectivity index (χ1v) is 7.14. The van der Waals surface area contributed by atoms with Crippen LogP contribution in [0.25, 0.3) is 0 Å². The molecule has 2 nitrogen and oxygen atoms in total. The molecular weight excluding hydrogens is 298 g/mol. The highest BCUT2D eigenvalue weighted by Crippen LogP contribution is 2.24. The smallest absolute Gasteiger partial charge is 0.0898 e. The molecule has 90 valence electrons. The van der Waals surface area contributed by atoms with Gasteiger partial charge in [-0.2, -0.15) is 0 Å². The number of para-hydroxylation sites is 1. The fourth-order valence-electron chi connectivity index (χ4n) is 1.57. The zero-order valence-electron chi connectivity index (χ0n) is 9.27. The molecule has 0 aliphatic carbocycles. The van der Waals surface area contributed by atoms with Gasteiger partial charge in [-0.25, -0.2) is 0 Å². The van der Waals surface area contributed by atoms with Gasteiger partial charge in [0.1, 0.15) is 0 Å². The molecule has 17 heavy (non-hydrogen) atoms. The molecule has 2 rings (SSSR count). The Balaban J connectivity index is 1.82. The number of aliphatic hydroxyl groups is 1. The number of rotatable bonds is 5. The lowest BCUT2D eigenvalue weighted by Crippen LogP contribution is -2.07. The second-order valence-electron chi connectivity index (χ2n) is 3.73. The normalized spacial score (nSPS) is 12.4. The van der Waals surface area contributed by atoms with Crippen molar-refractivity contribution >= 4 is 33.0 Å². The van der Waals surface area contributed by atoms with Crippen LogP contribution in [0.4, 0.5) is 5.69 Å². The lowest BCUT2D eigenvalue weighted by Gasteiger charge is -2.11. The number of benzene rings is 1. The maximum atomic E-state index is 9.92. The lowest BCUT2D eigenvalue weighted by atomic mass is 10.2. The monoisotopic (exact) mass is 311 g/mol. The SMILES string of the molecule is OC(CCNc1ccccc1Br)c1cccs1. The van der Waals surface area contributed by atoms with E-state index in [2.05, 4.69) is 21.2 Å². The highest BCUT2D eigenvalue weighted by atomic mass is 79.9. The molecule has 4 heteroatoms. The zero-order chi connectivity index (χ0) is 12.1. The molecule has 1 heterocycles. The molecular formula is C13H14BrNOS. The van der Waals surface area contributed by atoms with E-state index in [-0.39, 0.29) is 6.10 Å². The van der Waals surface area contributed by atoms with E-state index >= 15 is 0 Å². The molecule has 0 aliphatic heterocycles. The molecule has 0 fully saturated rings. The Bertz CT molecular complexity index is 458. The molecule has 0 amide bonds. The first-order valence-electron chi connectivity index (χ1n) is 5.47. The van der Waals surface area contributed by atoms with Gasteiger partial charge in [0.2, 0.25) is 0 Å². The van der Waals surface area contributed by atoms with Gasteiger partial charge in [-0.1, -0.05) is 18.2 Å². The minimum atomic E-state index is -0.370. The predicted octanol–water partition coefficient (Wildman–Crippen LogP) is 4.05. The Morgan fingerprint density at radius 3 is 2.76 bits per heavy atom. The molecule has 2 aromatic rings. The van der Waals surface area contributed by atoms with Gasteiger partial charge in [-0.3, -0.25) is 0 Å². The van der Waals surface area contributed by atoms with Crippen molar-refractivity contribution in [2.45, 2.75) is 12.5 Å². The maximum absolute atomic E-state index is 9.92. The first-order chi connectivity index (χ1) is 8.27. The first kappa shape index (κ1) is 12.6. The lowest BCUT2D eigenvalue weighted by molar-refractivity contribution is 0.175. The summed E-state index contributed by atoms with van der Waals surface area (Å²) in [6.45, 7) is 0.752. The largest absolute Gasteiger partial charge is 0.388 e. The summed E-state index contributed by atoms with van der Waals surface area (Å²) >= 11 is 5.07. The molecule has 0 radical (unpaired) electrons. The van der Waals surface area contributed by atoms with E-state index in [1.54, 1.807) is 11.3 Å². The van der Waals surface area contributed by atoms with Crippen LogP contribution in [-0.4, -0.2) is 11.7 Å². The quantitative estimate of drug-likeness (QED) is 0.873. The third-order valence-electron chi connectivity index (χ3n) is 2.48. The average Bonchev–Trinajstić information content (AvgIpc) is 2.85. The molecule has 0 aliphatic rings. The molecule has 0 bridgehead atoms. The summed E-state index contributed by atoms with van der Waals surface area (Å²) in [5.74, 6) is 0.